The van der Waals surface area contributed by atoms with Gasteiger partial charge in [-0.05, 0) is 49.4 Å². The number of benzene rings is 2. The Hall–Kier alpha value is -3.67. The molecule has 3 aromatic rings. The predicted molar refractivity (Wildman–Crippen MR) is 109 cm³/mol. The number of aromatic nitrogens is 1. The van der Waals surface area contributed by atoms with Crippen LogP contribution in [0.4, 0.5) is 17.1 Å². The van der Waals surface area contributed by atoms with E-state index < -0.39 is 0 Å². The van der Waals surface area contributed by atoms with Gasteiger partial charge in [-0.2, -0.15) is 0 Å². The molecule has 28 heavy (non-hydrogen) atoms. The molecule has 1 aromatic heterocycles. The lowest BCUT2D eigenvalue weighted by Crippen LogP contribution is -2.26. The van der Waals surface area contributed by atoms with Gasteiger partial charge >= 0.3 is 5.97 Å². The lowest BCUT2D eigenvalue weighted by atomic mass is 10.2. The van der Waals surface area contributed by atoms with Crippen LogP contribution in [-0.2, 0) is 4.74 Å². The number of nitrogens with one attached hydrogen (secondary N) is 1. The molecule has 0 radical (unpaired) electrons. The molecule has 0 fully saturated rings. The fraction of sp³-hybridized carbons (Fsp3) is 0.136. The topological polar surface area (TPSA) is 71.5 Å². The second-order valence-electron chi connectivity index (χ2n) is 6.08. The Morgan fingerprint density at radius 2 is 1.68 bits per heavy atom. The number of ether oxygens (including phenoxy) is 1. The molecular formula is C22H21N3O3. The van der Waals surface area contributed by atoms with Gasteiger partial charge in [-0.1, -0.05) is 18.2 Å². The zero-order chi connectivity index (χ0) is 19.9. The minimum Gasteiger partial charge on any atom is -0.462 e. The molecule has 0 aliphatic rings. The Morgan fingerprint density at radius 3 is 2.36 bits per heavy atom. The van der Waals surface area contributed by atoms with Crippen molar-refractivity contribution in [1.82, 2.24) is 4.98 Å². The van der Waals surface area contributed by atoms with E-state index in [0.717, 1.165) is 11.4 Å². The lowest BCUT2D eigenvalue weighted by Gasteiger charge is -2.17. The fourth-order valence-electron chi connectivity index (χ4n) is 2.66. The fourth-order valence-corrected chi connectivity index (χ4v) is 2.66. The average Bonchev–Trinajstić information content (AvgIpc) is 2.74. The molecule has 3 rings (SSSR count). The summed E-state index contributed by atoms with van der Waals surface area (Å²) < 4.78 is 4.98. The number of carbonyl (C=O) groups excluding carboxylic acids is 2. The van der Waals surface area contributed by atoms with Gasteiger partial charge in [0.25, 0.3) is 5.91 Å². The molecular weight excluding hydrogens is 354 g/mol. The molecule has 0 saturated heterocycles. The van der Waals surface area contributed by atoms with Crippen molar-refractivity contribution in [3.63, 3.8) is 0 Å². The summed E-state index contributed by atoms with van der Waals surface area (Å²) in [7, 11) is 1.73. The summed E-state index contributed by atoms with van der Waals surface area (Å²) in [5, 5.41) is 3.19. The van der Waals surface area contributed by atoms with Crippen LogP contribution in [0.1, 0.15) is 27.6 Å². The van der Waals surface area contributed by atoms with Crippen molar-refractivity contribution < 1.29 is 14.3 Å². The zero-order valence-electron chi connectivity index (χ0n) is 15.8. The maximum Gasteiger partial charge on any atom is 0.338 e. The highest BCUT2D eigenvalue weighted by atomic mass is 16.5. The van der Waals surface area contributed by atoms with E-state index in [-0.39, 0.29) is 11.9 Å². The number of carbonyl (C=O) groups is 2. The van der Waals surface area contributed by atoms with Crippen molar-refractivity contribution >= 4 is 28.9 Å². The molecule has 6 heteroatoms. The van der Waals surface area contributed by atoms with Crippen molar-refractivity contribution in [1.29, 1.82) is 0 Å². The van der Waals surface area contributed by atoms with E-state index in [1.165, 1.54) is 6.20 Å². The summed E-state index contributed by atoms with van der Waals surface area (Å²) in [5.41, 5.74) is 3.21. The molecule has 0 spiro atoms. The molecule has 0 atom stereocenters. The van der Waals surface area contributed by atoms with Crippen molar-refractivity contribution in [2.24, 2.45) is 0 Å². The molecule has 6 nitrogen and oxygen atoms in total. The largest absolute Gasteiger partial charge is 0.462 e. The van der Waals surface area contributed by atoms with E-state index in [4.69, 9.17) is 4.74 Å². The summed E-state index contributed by atoms with van der Waals surface area (Å²) in [6.45, 7) is 2.10. The number of hydrogen-bond donors (Lipinski definition) is 1. The average molecular weight is 375 g/mol. The molecule has 0 bridgehead atoms. The second kappa shape index (κ2) is 8.81. The Bertz CT molecular complexity index is 956. The summed E-state index contributed by atoms with van der Waals surface area (Å²) in [4.78, 5) is 30.2. The normalized spacial score (nSPS) is 10.2. The summed E-state index contributed by atoms with van der Waals surface area (Å²) in [6.07, 6.45) is 3.18. The van der Waals surface area contributed by atoms with Gasteiger partial charge in [0.1, 0.15) is 0 Å². The Labute approximate surface area is 163 Å². The maximum absolute atomic E-state index is 12.7. The van der Waals surface area contributed by atoms with Gasteiger partial charge in [0.05, 0.1) is 29.6 Å². The van der Waals surface area contributed by atoms with E-state index in [9.17, 15) is 9.59 Å². The smallest absolute Gasteiger partial charge is 0.338 e. The Kier molecular flexibility index (Phi) is 6.01. The first-order valence-electron chi connectivity index (χ1n) is 8.91. The maximum atomic E-state index is 12.7. The summed E-state index contributed by atoms with van der Waals surface area (Å²) >= 11 is 0. The first kappa shape index (κ1) is 19.1. The molecule has 0 aliphatic heterocycles. The van der Waals surface area contributed by atoms with Crippen LogP contribution in [0.15, 0.2) is 73.1 Å². The number of pyridine rings is 1. The van der Waals surface area contributed by atoms with E-state index in [1.807, 2.05) is 30.3 Å². The third kappa shape index (κ3) is 4.54. The van der Waals surface area contributed by atoms with Gasteiger partial charge < -0.3 is 15.0 Å². The van der Waals surface area contributed by atoms with Gasteiger partial charge in [0.15, 0.2) is 0 Å². The number of hydrogen-bond acceptors (Lipinski definition) is 5. The van der Waals surface area contributed by atoms with Crippen molar-refractivity contribution in [3.8, 4) is 0 Å². The van der Waals surface area contributed by atoms with Crippen molar-refractivity contribution in [2.75, 3.05) is 23.9 Å². The lowest BCUT2D eigenvalue weighted by molar-refractivity contribution is 0.0526. The van der Waals surface area contributed by atoms with E-state index in [1.54, 1.807) is 55.4 Å². The van der Waals surface area contributed by atoms with E-state index in [0.29, 0.717) is 23.4 Å². The second-order valence-corrected chi connectivity index (χ2v) is 6.08. The Morgan fingerprint density at radius 1 is 0.964 bits per heavy atom. The summed E-state index contributed by atoms with van der Waals surface area (Å²) in [6, 6.07) is 18.1. The monoisotopic (exact) mass is 375 g/mol. The third-order valence-electron chi connectivity index (χ3n) is 4.12. The van der Waals surface area contributed by atoms with Crippen LogP contribution in [0.25, 0.3) is 0 Å². The number of anilines is 3. The molecule has 1 amide bonds. The number of rotatable bonds is 6. The van der Waals surface area contributed by atoms with Crippen LogP contribution >= 0.6 is 0 Å². The molecule has 0 saturated carbocycles. The molecule has 142 valence electrons. The SMILES string of the molecule is CCOC(=O)c1ccc(Nc2cncc(C(=O)N(C)c3ccccc3)c2)cc1. The summed E-state index contributed by atoms with van der Waals surface area (Å²) in [5.74, 6) is -0.507. The van der Waals surface area contributed by atoms with E-state index in [2.05, 4.69) is 10.3 Å². The molecule has 0 aliphatic carbocycles. The first-order valence-corrected chi connectivity index (χ1v) is 8.91. The minimum absolute atomic E-state index is 0.153. The number of nitrogens with zero attached hydrogens (tertiary/aromatic N) is 2. The van der Waals surface area contributed by atoms with Crippen LogP contribution in [0.5, 0.6) is 0 Å². The van der Waals surface area contributed by atoms with Crippen LogP contribution in [0.2, 0.25) is 0 Å². The van der Waals surface area contributed by atoms with Crippen molar-refractivity contribution in [2.45, 2.75) is 6.92 Å². The van der Waals surface area contributed by atoms with E-state index >= 15 is 0 Å². The van der Waals surface area contributed by atoms with Gasteiger partial charge in [-0.3, -0.25) is 9.78 Å². The first-order chi connectivity index (χ1) is 13.6. The van der Waals surface area contributed by atoms with Gasteiger partial charge in [0.2, 0.25) is 0 Å². The van der Waals surface area contributed by atoms with Crippen molar-refractivity contribution in [3.05, 3.63) is 84.2 Å². The van der Waals surface area contributed by atoms with Crippen LogP contribution < -0.4 is 10.2 Å². The standard InChI is InChI=1S/C22H21N3O3/c1-3-28-22(27)16-9-11-18(12-10-16)24-19-13-17(14-23-15-19)21(26)25(2)20-7-5-4-6-8-20/h4-15,24H,3H2,1-2H3. The predicted octanol–water partition coefficient (Wildman–Crippen LogP) is 4.28. The highest BCUT2D eigenvalue weighted by molar-refractivity contribution is 6.06. The number of amides is 1. The van der Waals surface area contributed by atoms with Crippen LogP contribution in [-0.4, -0.2) is 30.5 Å². The highest BCUT2D eigenvalue weighted by Crippen LogP contribution is 2.20. The molecule has 1 N–H and O–H groups in total. The number of para-hydroxylation sites is 1. The van der Waals surface area contributed by atoms with Crippen LogP contribution in [0.3, 0.4) is 0 Å². The third-order valence-corrected chi connectivity index (χ3v) is 4.12. The van der Waals surface area contributed by atoms with Crippen LogP contribution in [0, 0.1) is 0 Å². The minimum atomic E-state index is -0.354. The van der Waals surface area contributed by atoms with Gasteiger partial charge in [-0.15, -0.1) is 0 Å². The highest BCUT2D eigenvalue weighted by Gasteiger charge is 2.14. The zero-order valence-corrected chi connectivity index (χ0v) is 15.8. The molecule has 0 unspecified atom stereocenters. The number of esters is 1. The van der Waals surface area contributed by atoms with Gasteiger partial charge in [-0.25, -0.2) is 4.79 Å². The Balaban J connectivity index is 1.73. The quantitative estimate of drug-likeness (QED) is 0.651. The molecule has 1 heterocycles. The van der Waals surface area contributed by atoms with Gasteiger partial charge in [0, 0.05) is 24.6 Å². The molecule has 2 aromatic carbocycles.